The lowest BCUT2D eigenvalue weighted by molar-refractivity contribution is -0.126. The van der Waals surface area contributed by atoms with Crippen molar-refractivity contribution in [3.63, 3.8) is 0 Å². The molecule has 2 amide bonds. The van der Waals surface area contributed by atoms with Crippen LogP contribution in [-0.2, 0) is 9.59 Å². The van der Waals surface area contributed by atoms with Gasteiger partial charge in [-0.25, -0.2) is 0 Å². The average Bonchev–Trinajstić information content (AvgIpc) is 2.94. The van der Waals surface area contributed by atoms with Gasteiger partial charge in [-0.3, -0.25) is 9.59 Å². The lowest BCUT2D eigenvalue weighted by atomic mass is 9.97. The first-order valence-electron chi connectivity index (χ1n) is 7.63. The molecule has 21 heavy (non-hydrogen) atoms. The van der Waals surface area contributed by atoms with Crippen LogP contribution < -0.4 is 10.6 Å². The van der Waals surface area contributed by atoms with E-state index >= 15 is 0 Å². The lowest BCUT2D eigenvalue weighted by Gasteiger charge is -2.24. The second-order valence-electron chi connectivity index (χ2n) is 5.96. The van der Waals surface area contributed by atoms with E-state index in [4.69, 9.17) is 0 Å². The molecule has 0 bridgehead atoms. The van der Waals surface area contributed by atoms with Crippen molar-refractivity contribution in [2.75, 3.05) is 5.32 Å². The molecule has 1 fully saturated rings. The molecule has 1 aromatic carbocycles. The standard InChI is InChI=1S/C17H24N2O2/c1-11-7-6-10-15(12(11)2)19-17(21)16(18-13(3)20)14-8-4-5-9-14/h6-7,10,14,16H,4-5,8-9H2,1-3H3,(H,18,20)(H,19,21). The number of aryl methyl sites for hydroxylation is 1. The zero-order valence-corrected chi connectivity index (χ0v) is 13.0. The maximum absolute atomic E-state index is 12.6. The Morgan fingerprint density at radius 2 is 1.86 bits per heavy atom. The first kappa shape index (κ1) is 15.5. The highest BCUT2D eigenvalue weighted by molar-refractivity contribution is 5.97. The Morgan fingerprint density at radius 1 is 1.19 bits per heavy atom. The van der Waals surface area contributed by atoms with E-state index in [2.05, 4.69) is 10.6 Å². The summed E-state index contributed by atoms with van der Waals surface area (Å²) in [5, 5.41) is 5.80. The van der Waals surface area contributed by atoms with Gasteiger partial charge in [0.2, 0.25) is 11.8 Å². The van der Waals surface area contributed by atoms with Crippen LogP contribution >= 0.6 is 0 Å². The van der Waals surface area contributed by atoms with Crippen LogP contribution in [0.4, 0.5) is 5.69 Å². The van der Waals surface area contributed by atoms with Gasteiger partial charge in [0.15, 0.2) is 0 Å². The molecule has 0 aliphatic heterocycles. The molecule has 2 rings (SSSR count). The first-order chi connectivity index (χ1) is 9.99. The van der Waals surface area contributed by atoms with Crippen molar-refractivity contribution in [2.45, 2.75) is 52.5 Å². The molecule has 1 unspecified atom stereocenters. The van der Waals surface area contributed by atoms with Crippen LogP contribution in [0.25, 0.3) is 0 Å². The summed E-state index contributed by atoms with van der Waals surface area (Å²) in [6.07, 6.45) is 4.28. The number of amides is 2. The van der Waals surface area contributed by atoms with Gasteiger partial charge in [0.25, 0.3) is 0 Å². The largest absolute Gasteiger partial charge is 0.344 e. The average molecular weight is 288 g/mol. The summed E-state index contributed by atoms with van der Waals surface area (Å²) in [6, 6.07) is 5.43. The third-order valence-electron chi connectivity index (χ3n) is 4.37. The highest BCUT2D eigenvalue weighted by atomic mass is 16.2. The molecule has 2 N–H and O–H groups in total. The monoisotopic (exact) mass is 288 g/mol. The van der Waals surface area contributed by atoms with E-state index in [1.807, 2.05) is 32.0 Å². The number of benzene rings is 1. The van der Waals surface area contributed by atoms with Crippen LogP contribution in [0.3, 0.4) is 0 Å². The van der Waals surface area contributed by atoms with Crippen molar-refractivity contribution in [2.24, 2.45) is 5.92 Å². The zero-order chi connectivity index (χ0) is 15.4. The number of hydrogen-bond donors (Lipinski definition) is 2. The minimum absolute atomic E-state index is 0.106. The number of carbonyl (C=O) groups excluding carboxylic acids is 2. The molecule has 0 heterocycles. The van der Waals surface area contributed by atoms with E-state index in [0.717, 1.165) is 42.5 Å². The van der Waals surface area contributed by atoms with Crippen LogP contribution in [0.15, 0.2) is 18.2 Å². The second-order valence-corrected chi connectivity index (χ2v) is 5.96. The smallest absolute Gasteiger partial charge is 0.247 e. The van der Waals surface area contributed by atoms with E-state index in [1.54, 1.807) is 0 Å². The fourth-order valence-electron chi connectivity index (χ4n) is 3.00. The van der Waals surface area contributed by atoms with Gasteiger partial charge in [0, 0.05) is 12.6 Å². The van der Waals surface area contributed by atoms with Gasteiger partial charge >= 0.3 is 0 Å². The SMILES string of the molecule is CC(=O)NC(C(=O)Nc1cccc(C)c1C)C1CCCC1. The van der Waals surface area contributed by atoms with Gasteiger partial charge in [-0.2, -0.15) is 0 Å². The molecular weight excluding hydrogens is 264 g/mol. The van der Waals surface area contributed by atoms with E-state index < -0.39 is 6.04 Å². The van der Waals surface area contributed by atoms with E-state index in [0.29, 0.717) is 0 Å². The molecule has 1 saturated carbocycles. The summed E-state index contributed by atoms with van der Waals surface area (Å²) < 4.78 is 0. The fraction of sp³-hybridized carbons (Fsp3) is 0.529. The molecule has 1 aliphatic carbocycles. The van der Waals surface area contributed by atoms with Crippen LogP contribution in [0.2, 0.25) is 0 Å². The van der Waals surface area contributed by atoms with Crippen molar-refractivity contribution < 1.29 is 9.59 Å². The number of hydrogen-bond acceptors (Lipinski definition) is 2. The third-order valence-corrected chi connectivity index (χ3v) is 4.37. The Labute approximate surface area is 126 Å². The molecule has 0 saturated heterocycles. The van der Waals surface area contributed by atoms with Crippen LogP contribution in [0, 0.1) is 19.8 Å². The molecule has 0 radical (unpaired) electrons. The van der Waals surface area contributed by atoms with Gasteiger partial charge in [-0.05, 0) is 49.8 Å². The van der Waals surface area contributed by atoms with Gasteiger partial charge in [-0.1, -0.05) is 25.0 Å². The van der Waals surface area contributed by atoms with Gasteiger partial charge in [-0.15, -0.1) is 0 Å². The van der Waals surface area contributed by atoms with Crippen LogP contribution in [0.5, 0.6) is 0 Å². The Morgan fingerprint density at radius 3 is 2.48 bits per heavy atom. The van der Waals surface area contributed by atoms with Gasteiger partial charge in [0.1, 0.15) is 6.04 Å². The predicted octanol–water partition coefficient (Wildman–Crippen LogP) is 2.94. The number of carbonyl (C=O) groups is 2. The van der Waals surface area contributed by atoms with Crippen molar-refractivity contribution in [3.05, 3.63) is 29.3 Å². The fourth-order valence-corrected chi connectivity index (χ4v) is 3.00. The minimum Gasteiger partial charge on any atom is -0.344 e. The van der Waals surface area contributed by atoms with Gasteiger partial charge in [0.05, 0.1) is 0 Å². The number of nitrogens with one attached hydrogen (secondary N) is 2. The molecular formula is C17H24N2O2. The van der Waals surface area contributed by atoms with Crippen molar-refractivity contribution in [1.29, 1.82) is 0 Å². The molecule has 4 heteroatoms. The van der Waals surface area contributed by atoms with Crippen molar-refractivity contribution in [1.82, 2.24) is 5.32 Å². The summed E-state index contributed by atoms with van der Waals surface area (Å²) in [4.78, 5) is 24.0. The van der Waals surface area contributed by atoms with Crippen LogP contribution in [0.1, 0.15) is 43.7 Å². The van der Waals surface area contributed by atoms with Crippen molar-refractivity contribution >= 4 is 17.5 Å². The third kappa shape index (κ3) is 3.84. The quantitative estimate of drug-likeness (QED) is 0.895. The second kappa shape index (κ2) is 6.74. The summed E-state index contributed by atoms with van der Waals surface area (Å²) in [6.45, 7) is 5.48. The summed E-state index contributed by atoms with van der Waals surface area (Å²) >= 11 is 0. The summed E-state index contributed by atoms with van der Waals surface area (Å²) in [5.74, 6) is -0.00664. The summed E-state index contributed by atoms with van der Waals surface area (Å²) in [5.41, 5.74) is 3.04. The normalized spacial score (nSPS) is 16.5. The minimum atomic E-state index is -0.426. The molecule has 1 aliphatic rings. The Kier molecular flexibility index (Phi) is 4.99. The molecule has 0 spiro atoms. The van der Waals surface area contributed by atoms with E-state index in [9.17, 15) is 9.59 Å². The van der Waals surface area contributed by atoms with Crippen molar-refractivity contribution in [3.8, 4) is 0 Å². The maximum Gasteiger partial charge on any atom is 0.247 e. The summed E-state index contributed by atoms with van der Waals surface area (Å²) in [7, 11) is 0. The lowest BCUT2D eigenvalue weighted by Crippen LogP contribution is -2.47. The maximum atomic E-state index is 12.6. The van der Waals surface area contributed by atoms with Crippen LogP contribution in [-0.4, -0.2) is 17.9 Å². The van der Waals surface area contributed by atoms with Gasteiger partial charge < -0.3 is 10.6 Å². The molecule has 1 atom stereocenters. The highest BCUT2D eigenvalue weighted by Gasteiger charge is 2.31. The molecule has 4 nitrogen and oxygen atoms in total. The van der Waals surface area contributed by atoms with E-state index in [-0.39, 0.29) is 17.7 Å². The predicted molar refractivity (Wildman–Crippen MR) is 84.1 cm³/mol. The zero-order valence-electron chi connectivity index (χ0n) is 13.0. The first-order valence-corrected chi connectivity index (χ1v) is 7.63. The molecule has 1 aromatic rings. The van der Waals surface area contributed by atoms with E-state index in [1.165, 1.54) is 6.92 Å². The number of anilines is 1. The Balaban J connectivity index is 2.14. The highest BCUT2D eigenvalue weighted by Crippen LogP contribution is 2.29. The number of rotatable bonds is 4. The molecule has 114 valence electrons. The Hall–Kier alpha value is -1.84. The Bertz CT molecular complexity index is 534. The molecule has 0 aromatic heterocycles. The topological polar surface area (TPSA) is 58.2 Å².